The number of hydrogen-bond donors (Lipinski definition) is 0. The lowest BCUT2D eigenvalue weighted by Crippen LogP contribution is -2.40. The van der Waals surface area contributed by atoms with Gasteiger partial charge in [0.2, 0.25) is 0 Å². The van der Waals surface area contributed by atoms with E-state index in [1.54, 1.807) is 9.58 Å². The second-order valence-corrected chi connectivity index (χ2v) is 4.81. The molecule has 2 heterocycles. The molecule has 0 N–H and O–H groups in total. The highest BCUT2D eigenvalue weighted by molar-refractivity contribution is 5.93. The lowest BCUT2D eigenvalue weighted by atomic mass is 10.1. The van der Waals surface area contributed by atoms with Crippen LogP contribution in [0.4, 0.5) is 0 Å². The molecule has 5 nitrogen and oxygen atoms in total. The SMILES string of the molecule is Cn1nc(C(=O)N2CCOCC2)cc1-c1ccccc1. The fourth-order valence-corrected chi connectivity index (χ4v) is 2.38. The van der Waals surface area contributed by atoms with E-state index in [4.69, 9.17) is 4.74 Å². The Morgan fingerprint density at radius 3 is 2.60 bits per heavy atom. The number of amides is 1. The summed E-state index contributed by atoms with van der Waals surface area (Å²) >= 11 is 0. The Morgan fingerprint density at radius 1 is 1.20 bits per heavy atom. The molecule has 1 amide bonds. The van der Waals surface area contributed by atoms with Gasteiger partial charge < -0.3 is 9.64 Å². The average Bonchev–Trinajstić information content (AvgIpc) is 2.90. The van der Waals surface area contributed by atoms with Crippen LogP contribution in [0, 0.1) is 0 Å². The molecule has 3 rings (SSSR count). The first-order chi connectivity index (χ1) is 9.75. The summed E-state index contributed by atoms with van der Waals surface area (Å²) in [5.41, 5.74) is 2.50. The summed E-state index contributed by atoms with van der Waals surface area (Å²) in [6, 6.07) is 11.8. The van der Waals surface area contributed by atoms with Crippen LogP contribution in [-0.2, 0) is 11.8 Å². The Kier molecular flexibility index (Phi) is 3.52. The number of carbonyl (C=O) groups is 1. The van der Waals surface area contributed by atoms with Crippen molar-refractivity contribution < 1.29 is 9.53 Å². The molecule has 0 saturated carbocycles. The quantitative estimate of drug-likeness (QED) is 0.832. The van der Waals surface area contributed by atoms with Crippen LogP contribution in [-0.4, -0.2) is 46.9 Å². The summed E-state index contributed by atoms with van der Waals surface area (Å²) in [5, 5.41) is 4.35. The predicted molar refractivity (Wildman–Crippen MR) is 75.4 cm³/mol. The monoisotopic (exact) mass is 271 g/mol. The van der Waals surface area contributed by atoms with Crippen molar-refractivity contribution >= 4 is 5.91 Å². The summed E-state index contributed by atoms with van der Waals surface area (Å²) in [5.74, 6) is -0.0221. The normalized spacial score (nSPS) is 15.3. The van der Waals surface area contributed by atoms with Crippen LogP contribution in [0.3, 0.4) is 0 Å². The second-order valence-electron chi connectivity index (χ2n) is 4.81. The first-order valence-electron chi connectivity index (χ1n) is 6.72. The number of morpholine rings is 1. The van der Waals surface area contributed by atoms with Crippen molar-refractivity contribution in [1.29, 1.82) is 0 Å². The maximum atomic E-state index is 12.4. The second kappa shape index (κ2) is 5.46. The molecule has 0 spiro atoms. The summed E-state index contributed by atoms with van der Waals surface area (Å²) in [6.07, 6.45) is 0. The molecule has 1 fully saturated rings. The third-order valence-corrected chi connectivity index (χ3v) is 3.47. The van der Waals surface area contributed by atoms with Crippen LogP contribution in [0.1, 0.15) is 10.5 Å². The zero-order valence-electron chi connectivity index (χ0n) is 11.5. The standard InChI is InChI=1S/C15H17N3O2/c1-17-14(12-5-3-2-4-6-12)11-13(16-17)15(19)18-7-9-20-10-8-18/h2-6,11H,7-10H2,1H3. The van der Waals surface area contributed by atoms with Crippen LogP contribution in [0.25, 0.3) is 11.3 Å². The maximum absolute atomic E-state index is 12.4. The molecule has 0 bridgehead atoms. The van der Waals surface area contributed by atoms with Crippen LogP contribution < -0.4 is 0 Å². The van der Waals surface area contributed by atoms with Crippen molar-refractivity contribution in [3.8, 4) is 11.3 Å². The minimum absolute atomic E-state index is 0.0221. The highest BCUT2D eigenvalue weighted by Gasteiger charge is 2.21. The van der Waals surface area contributed by atoms with Gasteiger partial charge in [0.25, 0.3) is 5.91 Å². The van der Waals surface area contributed by atoms with Crippen LogP contribution in [0.15, 0.2) is 36.4 Å². The van der Waals surface area contributed by atoms with Gasteiger partial charge in [0.15, 0.2) is 5.69 Å². The molecule has 1 saturated heterocycles. The molecule has 1 aromatic carbocycles. The van der Waals surface area contributed by atoms with Gasteiger partial charge in [-0.15, -0.1) is 0 Å². The van der Waals surface area contributed by atoms with E-state index in [-0.39, 0.29) is 5.91 Å². The number of nitrogens with zero attached hydrogens (tertiary/aromatic N) is 3. The van der Waals surface area contributed by atoms with Crippen LogP contribution in [0.2, 0.25) is 0 Å². The lowest BCUT2D eigenvalue weighted by Gasteiger charge is -2.25. The van der Waals surface area contributed by atoms with E-state index in [2.05, 4.69) is 5.10 Å². The van der Waals surface area contributed by atoms with Gasteiger partial charge in [-0.3, -0.25) is 9.48 Å². The molecular formula is C15H17N3O2. The van der Waals surface area contributed by atoms with Gasteiger partial charge in [0, 0.05) is 20.1 Å². The Balaban J connectivity index is 1.87. The van der Waals surface area contributed by atoms with Gasteiger partial charge >= 0.3 is 0 Å². The first kappa shape index (κ1) is 12.9. The lowest BCUT2D eigenvalue weighted by molar-refractivity contribution is 0.0298. The van der Waals surface area contributed by atoms with E-state index in [9.17, 15) is 4.79 Å². The van der Waals surface area contributed by atoms with E-state index < -0.39 is 0 Å². The molecule has 1 aromatic heterocycles. The number of carbonyl (C=O) groups excluding carboxylic acids is 1. The van der Waals surface area contributed by atoms with Crippen molar-refractivity contribution in [2.45, 2.75) is 0 Å². The largest absolute Gasteiger partial charge is 0.378 e. The van der Waals surface area contributed by atoms with Crippen LogP contribution in [0.5, 0.6) is 0 Å². The molecule has 0 unspecified atom stereocenters. The van der Waals surface area contributed by atoms with Crippen molar-refractivity contribution in [2.24, 2.45) is 7.05 Å². The van der Waals surface area contributed by atoms with Gasteiger partial charge in [-0.25, -0.2) is 0 Å². The molecule has 1 aliphatic heterocycles. The number of benzene rings is 1. The molecule has 104 valence electrons. The number of aromatic nitrogens is 2. The van der Waals surface area contributed by atoms with Crippen molar-refractivity contribution in [2.75, 3.05) is 26.3 Å². The third-order valence-electron chi connectivity index (χ3n) is 3.47. The topological polar surface area (TPSA) is 47.4 Å². The van der Waals surface area contributed by atoms with E-state index in [1.807, 2.05) is 43.4 Å². The fourth-order valence-electron chi connectivity index (χ4n) is 2.38. The van der Waals surface area contributed by atoms with Gasteiger partial charge in [0.1, 0.15) is 0 Å². The molecular weight excluding hydrogens is 254 g/mol. The smallest absolute Gasteiger partial charge is 0.274 e. The molecule has 1 aliphatic rings. The van der Waals surface area contributed by atoms with Gasteiger partial charge in [-0.2, -0.15) is 5.10 Å². The number of rotatable bonds is 2. The van der Waals surface area contributed by atoms with Gasteiger partial charge in [-0.1, -0.05) is 30.3 Å². The number of ether oxygens (including phenoxy) is 1. The maximum Gasteiger partial charge on any atom is 0.274 e. The van der Waals surface area contributed by atoms with Crippen molar-refractivity contribution in [1.82, 2.24) is 14.7 Å². The summed E-state index contributed by atoms with van der Waals surface area (Å²) in [4.78, 5) is 14.2. The van der Waals surface area contributed by atoms with E-state index in [0.29, 0.717) is 32.0 Å². The first-order valence-corrected chi connectivity index (χ1v) is 6.72. The Labute approximate surface area is 117 Å². The predicted octanol–water partition coefficient (Wildman–Crippen LogP) is 1.56. The van der Waals surface area contributed by atoms with Gasteiger partial charge in [0.05, 0.1) is 18.9 Å². The van der Waals surface area contributed by atoms with Crippen molar-refractivity contribution in [3.63, 3.8) is 0 Å². The summed E-state index contributed by atoms with van der Waals surface area (Å²) < 4.78 is 7.02. The van der Waals surface area contributed by atoms with Crippen molar-refractivity contribution in [3.05, 3.63) is 42.1 Å². The summed E-state index contributed by atoms with van der Waals surface area (Å²) in [6.45, 7) is 2.47. The van der Waals surface area contributed by atoms with E-state index in [0.717, 1.165) is 11.3 Å². The van der Waals surface area contributed by atoms with E-state index >= 15 is 0 Å². The molecule has 0 radical (unpaired) electrons. The molecule has 0 aliphatic carbocycles. The highest BCUT2D eigenvalue weighted by atomic mass is 16.5. The molecule has 20 heavy (non-hydrogen) atoms. The number of hydrogen-bond acceptors (Lipinski definition) is 3. The molecule has 2 aromatic rings. The minimum atomic E-state index is -0.0221. The number of aryl methyl sites for hydroxylation is 1. The van der Waals surface area contributed by atoms with Gasteiger partial charge in [-0.05, 0) is 11.6 Å². The Hall–Kier alpha value is -2.14. The zero-order chi connectivity index (χ0) is 13.9. The van der Waals surface area contributed by atoms with Crippen LogP contribution >= 0.6 is 0 Å². The van der Waals surface area contributed by atoms with E-state index in [1.165, 1.54) is 0 Å². The fraction of sp³-hybridized carbons (Fsp3) is 0.333. The third kappa shape index (κ3) is 2.44. The Bertz CT molecular complexity index is 601. The average molecular weight is 271 g/mol. The zero-order valence-corrected chi connectivity index (χ0v) is 11.5. The molecule has 0 atom stereocenters. The molecule has 5 heteroatoms. The highest BCUT2D eigenvalue weighted by Crippen LogP contribution is 2.20. The minimum Gasteiger partial charge on any atom is -0.378 e. The summed E-state index contributed by atoms with van der Waals surface area (Å²) in [7, 11) is 1.86. The Morgan fingerprint density at radius 2 is 1.90 bits per heavy atom.